The molecule has 0 aliphatic rings. The number of alkyl halides is 6. The van der Waals surface area contributed by atoms with Gasteiger partial charge in [-0.1, -0.05) is 0 Å². The summed E-state index contributed by atoms with van der Waals surface area (Å²) in [4.78, 5) is 24.9. The minimum Gasteiger partial charge on any atom is -0.377 e. The van der Waals surface area contributed by atoms with Gasteiger partial charge in [0.15, 0.2) is 11.6 Å². The van der Waals surface area contributed by atoms with Crippen LogP contribution in [0.2, 0.25) is 0 Å². The second kappa shape index (κ2) is 9.13. The van der Waals surface area contributed by atoms with Crippen molar-refractivity contribution in [2.75, 3.05) is 7.11 Å². The monoisotopic (exact) mass is 474 g/mol. The summed E-state index contributed by atoms with van der Waals surface area (Å²) < 4.78 is 84.7. The van der Waals surface area contributed by atoms with Gasteiger partial charge in [-0.3, -0.25) is 4.79 Å². The van der Waals surface area contributed by atoms with Crippen LogP contribution in [-0.2, 0) is 23.7 Å². The third kappa shape index (κ3) is 5.63. The van der Waals surface area contributed by atoms with Crippen LogP contribution in [0.4, 0.5) is 26.3 Å². The molecule has 0 saturated carbocycles. The molecule has 0 radical (unpaired) electrons. The first kappa shape index (κ1) is 24.1. The maximum absolute atomic E-state index is 13.1. The number of carbonyl (C=O) groups is 1. The first-order chi connectivity index (χ1) is 15.4. The summed E-state index contributed by atoms with van der Waals surface area (Å²) in [5.41, 5.74) is -4.01. The Kier molecular flexibility index (Phi) is 6.67. The van der Waals surface area contributed by atoms with Crippen molar-refractivity contribution in [2.24, 2.45) is 0 Å². The Morgan fingerprint density at radius 2 is 1.64 bits per heavy atom. The molecule has 2 aromatic heterocycles. The van der Waals surface area contributed by atoms with Crippen LogP contribution >= 0.6 is 0 Å². The first-order valence-electron chi connectivity index (χ1n) is 9.22. The zero-order chi connectivity index (χ0) is 24.4. The third-order valence-electron chi connectivity index (χ3n) is 4.28. The summed E-state index contributed by atoms with van der Waals surface area (Å²) in [5, 5.41) is 6.51. The highest BCUT2D eigenvalue weighted by molar-refractivity contribution is 5.94. The molecule has 3 aromatic rings. The fourth-order valence-electron chi connectivity index (χ4n) is 2.82. The lowest BCUT2D eigenvalue weighted by atomic mass is 10.0. The highest BCUT2D eigenvalue weighted by Gasteiger charge is 2.37. The zero-order valence-corrected chi connectivity index (χ0v) is 17.1. The van der Waals surface area contributed by atoms with Gasteiger partial charge in [-0.15, -0.1) is 5.10 Å². The number of ether oxygens (including phenoxy) is 1. The second-order valence-corrected chi connectivity index (χ2v) is 6.77. The normalized spacial score (nSPS) is 13.1. The quantitative estimate of drug-likeness (QED) is 0.547. The summed E-state index contributed by atoms with van der Waals surface area (Å²) in [6, 6.07) is 1.19. The van der Waals surface area contributed by atoms with Gasteiger partial charge >= 0.3 is 12.4 Å². The van der Waals surface area contributed by atoms with E-state index in [2.05, 4.69) is 25.4 Å². The van der Waals surface area contributed by atoms with Gasteiger partial charge in [0.05, 0.1) is 17.2 Å². The summed E-state index contributed by atoms with van der Waals surface area (Å²) in [7, 11) is 1.40. The van der Waals surface area contributed by atoms with Crippen molar-refractivity contribution in [2.45, 2.75) is 31.9 Å². The average molecular weight is 474 g/mol. The molecular weight excluding hydrogens is 458 g/mol. The van der Waals surface area contributed by atoms with E-state index in [1.165, 1.54) is 31.1 Å². The van der Waals surface area contributed by atoms with Crippen LogP contribution in [0.5, 0.6) is 0 Å². The molecule has 1 N–H and O–H groups in total. The number of hydrogen-bond donors (Lipinski definition) is 1. The molecule has 14 heteroatoms. The fraction of sp³-hybridized carbons (Fsp3) is 0.316. The van der Waals surface area contributed by atoms with Crippen LogP contribution < -0.4 is 5.32 Å². The zero-order valence-electron chi connectivity index (χ0n) is 17.1. The number of amides is 1. The van der Waals surface area contributed by atoms with Crippen molar-refractivity contribution in [3.05, 3.63) is 65.0 Å². The number of aromatic nitrogens is 5. The maximum atomic E-state index is 13.1. The molecule has 2 heterocycles. The molecule has 0 aliphatic carbocycles. The minimum absolute atomic E-state index is 0.00390. The SMILES string of the molecule is COCc1nc(C(C)NC(=O)c2cc(C(F)(F)F)cc(C(F)(F)F)c2)n(-c2ncccn2)n1. The summed E-state index contributed by atoms with van der Waals surface area (Å²) in [5.74, 6) is -0.804. The first-order valence-corrected chi connectivity index (χ1v) is 9.22. The summed E-state index contributed by atoms with van der Waals surface area (Å²) in [6.45, 7) is 1.42. The molecule has 176 valence electrons. The largest absolute Gasteiger partial charge is 0.416 e. The molecule has 0 fully saturated rings. The van der Waals surface area contributed by atoms with Crippen molar-refractivity contribution in [3.63, 3.8) is 0 Å². The van der Waals surface area contributed by atoms with E-state index in [1.54, 1.807) is 6.07 Å². The van der Waals surface area contributed by atoms with E-state index in [0.29, 0.717) is 12.1 Å². The number of methoxy groups -OCH3 is 1. The predicted molar refractivity (Wildman–Crippen MR) is 100.0 cm³/mol. The van der Waals surface area contributed by atoms with Crippen LogP contribution in [0.25, 0.3) is 5.95 Å². The number of carbonyl (C=O) groups excluding carboxylic acids is 1. The molecule has 0 aliphatic heterocycles. The molecule has 1 unspecified atom stereocenters. The van der Waals surface area contributed by atoms with Gasteiger partial charge in [0.1, 0.15) is 6.61 Å². The smallest absolute Gasteiger partial charge is 0.377 e. The van der Waals surface area contributed by atoms with E-state index >= 15 is 0 Å². The highest BCUT2D eigenvalue weighted by Crippen LogP contribution is 2.36. The Hall–Kier alpha value is -3.55. The van der Waals surface area contributed by atoms with Gasteiger partial charge in [-0.05, 0) is 31.2 Å². The van der Waals surface area contributed by atoms with Gasteiger partial charge in [0.2, 0.25) is 0 Å². The van der Waals surface area contributed by atoms with Crippen molar-refractivity contribution in [1.29, 1.82) is 0 Å². The number of nitrogens with zero attached hydrogens (tertiary/aromatic N) is 5. The topological polar surface area (TPSA) is 94.8 Å². The van der Waals surface area contributed by atoms with Gasteiger partial charge in [0.25, 0.3) is 11.9 Å². The molecule has 1 atom stereocenters. The standard InChI is InChI=1S/C19H16F6N6O2/c1-10(15-29-14(9-33-2)30-31(15)17-26-4-3-5-27-17)28-16(32)11-6-12(18(20,21)22)8-13(7-11)19(23,24)25/h3-8,10H,9H2,1-2H3,(H,28,32). The van der Waals surface area contributed by atoms with Crippen molar-refractivity contribution < 1.29 is 35.9 Å². The lowest BCUT2D eigenvalue weighted by Gasteiger charge is -2.16. The van der Waals surface area contributed by atoms with E-state index in [1.807, 2.05) is 0 Å². The van der Waals surface area contributed by atoms with Crippen molar-refractivity contribution >= 4 is 5.91 Å². The van der Waals surface area contributed by atoms with Crippen LogP contribution in [0.3, 0.4) is 0 Å². The van der Waals surface area contributed by atoms with Crippen LogP contribution in [-0.4, -0.2) is 37.7 Å². The Balaban J connectivity index is 1.96. The van der Waals surface area contributed by atoms with Gasteiger partial charge < -0.3 is 10.1 Å². The fourth-order valence-corrected chi connectivity index (χ4v) is 2.82. The van der Waals surface area contributed by atoms with E-state index in [0.717, 1.165) is 0 Å². The Bertz CT molecular complexity index is 1100. The predicted octanol–water partition coefficient (Wildman–Crippen LogP) is 3.73. The Morgan fingerprint density at radius 3 is 2.15 bits per heavy atom. The third-order valence-corrected chi connectivity index (χ3v) is 4.28. The van der Waals surface area contributed by atoms with E-state index in [4.69, 9.17) is 4.74 Å². The number of halogens is 6. The van der Waals surface area contributed by atoms with E-state index in [-0.39, 0.29) is 30.3 Å². The van der Waals surface area contributed by atoms with Crippen LogP contribution in [0.1, 0.15) is 46.1 Å². The molecule has 1 amide bonds. The number of benzene rings is 1. The van der Waals surface area contributed by atoms with Gasteiger partial charge in [0, 0.05) is 25.1 Å². The lowest BCUT2D eigenvalue weighted by molar-refractivity contribution is -0.143. The second-order valence-electron chi connectivity index (χ2n) is 6.77. The molecule has 8 nitrogen and oxygen atoms in total. The molecule has 33 heavy (non-hydrogen) atoms. The number of hydrogen-bond acceptors (Lipinski definition) is 6. The molecule has 0 spiro atoms. The highest BCUT2D eigenvalue weighted by atomic mass is 19.4. The summed E-state index contributed by atoms with van der Waals surface area (Å²) in [6.07, 6.45) is -7.31. The maximum Gasteiger partial charge on any atom is 0.416 e. The molecule has 0 bridgehead atoms. The van der Waals surface area contributed by atoms with E-state index in [9.17, 15) is 31.1 Å². The molecule has 1 aromatic carbocycles. The van der Waals surface area contributed by atoms with Gasteiger partial charge in [-0.2, -0.15) is 31.0 Å². The van der Waals surface area contributed by atoms with Crippen molar-refractivity contribution in [3.8, 4) is 5.95 Å². The van der Waals surface area contributed by atoms with Crippen molar-refractivity contribution in [1.82, 2.24) is 30.0 Å². The van der Waals surface area contributed by atoms with Crippen LogP contribution in [0.15, 0.2) is 36.7 Å². The van der Waals surface area contributed by atoms with E-state index < -0.39 is 41.0 Å². The number of nitrogens with one attached hydrogen (secondary N) is 1. The average Bonchev–Trinajstić information content (AvgIpc) is 3.17. The lowest BCUT2D eigenvalue weighted by Crippen LogP contribution is -2.29. The molecule has 3 rings (SSSR count). The van der Waals surface area contributed by atoms with Crippen LogP contribution in [0, 0.1) is 0 Å². The molecular formula is C19H16F6N6O2. The Morgan fingerprint density at radius 1 is 1.06 bits per heavy atom. The molecule has 0 saturated heterocycles. The number of rotatable bonds is 6. The van der Waals surface area contributed by atoms with Gasteiger partial charge in [-0.25, -0.2) is 15.0 Å². The Labute approximate surface area is 182 Å². The minimum atomic E-state index is -5.08. The summed E-state index contributed by atoms with van der Waals surface area (Å²) >= 11 is 0.